The molecule has 6 rings (SSSR count). The minimum Gasteiger partial charge on any atom is -0.444 e. The molecule has 3 aliphatic heterocycles. The molecule has 284 valence electrons. The van der Waals surface area contributed by atoms with Crippen molar-refractivity contribution in [2.75, 3.05) is 13.1 Å². The highest BCUT2D eigenvalue weighted by Gasteiger charge is 2.62. The third-order valence-electron chi connectivity index (χ3n) is 10.5. The zero-order valence-electron chi connectivity index (χ0n) is 30.4. The molecule has 5 amide bonds. The van der Waals surface area contributed by atoms with Crippen LogP contribution in [0.25, 0.3) is 0 Å². The van der Waals surface area contributed by atoms with Gasteiger partial charge >= 0.3 is 12.2 Å². The minimum atomic E-state index is -3.90. The Morgan fingerprint density at radius 2 is 1.77 bits per heavy atom. The van der Waals surface area contributed by atoms with Crippen LogP contribution in [0.5, 0.6) is 0 Å². The van der Waals surface area contributed by atoms with Gasteiger partial charge in [-0.2, -0.15) is 0 Å². The Bertz CT molecular complexity index is 1720. The molecule has 1 saturated heterocycles. The van der Waals surface area contributed by atoms with E-state index in [1.165, 1.54) is 10.5 Å². The third-order valence-corrected chi connectivity index (χ3v) is 12.3. The van der Waals surface area contributed by atoms with Gasteiger partial charge in [0, 0.05) is 25.4 Å². The molecule has 6 atom stereocenters. The standard InChI is InChI=1S/C37H51N5O9S/c1-23-20-41(21-24-12-10-11-14-28(23)24)35(47)50-26-18-30-31(43)39-37(33(45)40-52(48,49)27-16-17-27)19-25(37)13-8-6-5-7-9-15-29(32(44)42(30)22-26)38-34(46)51-36(2,3)4/h8,10-14,23,25-27,29-30H,5-7,9,15-22H2,1-4H3,(H,38,46)(H,39,43)(H,40,45)/t23-,25+,26+,29-,30-,37+/m0/s1. The summed E-state index contributed by atoms with van der Waals surface area (Å²) in [4.78, 5) is 71.6. The highest BCUT2D eigenvalue weighted by Crippen LogP contribution is 2.46. The largest absolute Gasteiger partial charge is 0.444 e. The highest BCUT2D eigenvalue weighted by atomic mass is 32.2. The van der Waals surface area contributed by atoms with Gasteiger partial charge in [-0.15, -0.1) is 0 Å². The Morgan fingerprint density at radius 1 is 1.02 bits per heavy atom. The van der Waals surface area contributed by atoms with E-state index in [1.807, 2.05) is 43.3 Å². The number of sulfonamides is 1. The molecule has 3 N–H and O–H groups in total. The second-order valence-electron chi connectivity index (χ2n) is 15.9. The number of hydrogen-bond donors (Lipinski definition) is 3. The number of allylic oxidation sites excluding steroid dienone is 1. The number of alkyl carbamates (subject to hydrolysis) is 1. The maximum atomic E-state index is 14.4. The molecule has 1 aromatic rings. The van der Waals surface area contributed by atoms with Gasteiger partial charge in [0.05, 0.1) is 11.8 Å². The minimum absolute atomic E-state index is 0.0545. The van der Waals surface area contributed by atoms with Crippen molar-refractivity contribution in [3.05, 3.63) is 47.5 Å². The molecule has 0 spiro atoms. The topological polar surface area (TPSA) is 181 Å². The van der Waals surface area contributed by atoms with E-state index in [9.17, 15) is 32.4 Å². The van der Waals surface area contributed by atoms with Gasteiger partial charge in [-0.1, -0.05) is 56.2 Å². The Labute approximate surface area is 305 Å². The first-order valence-electron chi connectivity index (χ1n) is 18.4. The molecule has 0 bridgehead atoms. The lowest BCUT2D eigenvalue weighted by Crippen LogP contribution is -2.58. The van der Waals surface area contributed by atoms with Gasteiger partial charge in [-0.05, 0) is 76.3 Å². The van der Waals surface area contributed by atoms with Crippen molar-refractivity contribution in [1.29, 1.82) is 0 Å². The van der Waals surface area contributed by atoms with Crippen LogP contribution in [0.4, 0.5) is 9.59 Å². The molecule has 2 saturated carbocycles. The maximum Gasteiger partial charge on any atom is 0.410 e. The SMILES string of the molecule is C[C@H]1CN(C(=O)O[C@@H]2C[C@H]3C(=O)N[C@]4(C(=O)NS(=O)(=O)C5CC5)C[C@H]4C=CCCCCC[C@H](NC(=O)OC(C)(C)C)C(=O)N3C2)Cc2ccccc21. The average molecular weight is 742 g/mol. The van der Waals surface area contributed by atoms with E-state index in [2.05, 4.69) is 15.4 Å². The second-order valence-corrected chi connectivity index (χ2v) is 17.9. The number of benzene rings is 1. The molecule has 0 aromatic heterocycles. The van der Waals surface area contributed by atoms with Gasteiger partial charge in [-0.25, -0.2) is 18.0 Å². The summed E-state index contributed by atoms with van der Waals surface area (Å²) in [6, 6.07) is 5.70. The lowest BCUT2D eigenvalue weighted by molar-refractivity contribution is -0.141. The summed E-state index contributed by atoms with van der Waals surface area (Å²) >= 11 is 0. The van der Waals surface area contributed by atoms with E-state index in [0.29, 0.717) is 38.8 Å². The lowest BCUT2D eigenvalue weighted by Gasteiger charge is -2.33. The van der Waals surface area contributed by atoms with Crippen LogP contribution in [-0.2, 0) is 40.4 Å². The second kappa shape index (κ2) is 14.7. The van der Waals surface area contributed by atoms with Crippen LogP contribution in [-0.4, -0.2) is 95.8 Å². The van der Waals surface area contributed by atoms with Gasteiger partial charge in [0.15, 0.2) is 0 Å². The van der Waals surface area contributed by atoms with E-state index in [1.54, 1.807) is 25.7 Å². The predicted molar refractivity (Wildman–Crippen MR) is 190 cm³/mol. The summed E-state index contributed by atoms with van der Waals surface area (Å²) in [6.45, 7) is 7.86. The zero-order valence-corrected chi connectivity index (χ0v) is 31.2. The van der Waals surface area contributed by atoms with Crippen molar-refractivity contribution in [1.82, 2.24) is 25.2 Å². The molecule has 3 fully saturated rings. The zero-order chi connectivity index (χ0) is 37.4. The van der Waals surface area contributed by atoms with Gasteiger partial charge < -0.3 is 29.9 Å². The molecule has 5 aliphatic rings. The molecule has 0 unspecified atom stereocenters. The van der Waals surface area contributed by atoms with Crippen molar-refractivity contribution in [3.8, 4) is 0 Å². The van der Waals surface area contributed by atoms with Crippen molar-refractivity contribution in [3.63, 3.8) is 0 Å². The van der Waals surface area contributed by atoms with Crippen molar-refractivity contribution < 1.29 is 41.9 Å². The Hall–Kier alpha value is -4.14. The number of amides is 5. The summed E-state index contributed by atoms with van der Waals surface area (Å²) in [5.41, 5.74) is -0.155. The highest BCUT2D eigenvalue weighted by molar-refractivity contribution is 7.91. The normalized spacial score (nSPS) is 29.7. The van der Waals surface area contributed by atoms with Gasteiger partial charge in [0.25, 0.3) is 5.91 Å². The summed E-state index contributed by atoms with van der Waals surface area (Å²) in [7, 11) is -3.90. The molecule has 1 aromatic carbocycles. The Morgan fingerprint density at radius 3 is 2.50 bits per heavy atom. The van der Waals surface area contributed by atoms with E-state index in [-0.39, 0.29) is 31.7 Å². The van der Waals surface area contributed by atoms with E-state index < -0.39 is 80.4 Å². The van der Waals surface area contributed by atoms with Crippen molar-refractivity contribution >= 4 is 39.9 Å². The first kappa shape index (κ1) is 37.6. The molecule has 15 heteroatoms. The maximum absolute atomic E-state index is 14.4. The van der Waals surface area contributed by atoms with Gasteiger partial charge in [-0.3, -0.25) is 19.1 Å². The molecule has 52 heavy (non-hydrogen) atoms. The van der Waals surface area contributed by atoms with Crippen LogP contribution in [0.2, 0.25) is 0 Å². The quantitative estimate of drug-likeness (QED) is 0.380. The third kappa shape index (κ3) is 8.56. The van der Waals surface area contributed by atoms with Crippen LogP contribution in [0.1, 0.15) is 103 Å². The fraction of sp³-hybridized carbons (Fsp3) is 0.649. The number of carbonyl (C=O) groups is 5. The molecule has 14 nitrogen and oxygen atoms in total. The van der Waals surface area contributed by atoms with E-state index >= 15 is 0 Å². The van der Waals surface area contributed by atoms with Crippen molar-refractivity contribution in [2.24, 2.45) is 5.92 Å². The van der Waals surface area contributed by atoms with Crippen molar-refractivity contribution in [2.45, 2.75) is 133 Å². The Kier molecular flexibility index (Phi) is 10.6. The molecule has 2 aliphatic carbocycles. The first-order valence-corrected chi connectivity index (χ1v) is 20.0. The van der Waals surface area contributed by atoms with Gasteiger partial charge in [0.2, 0.25) is 21.8 Å². The number of nitrogens with one attached hydrogen (secondary N) is 3. The predicted octanol–water partition coefficient (Wildman–Crippen LogP) is 3.61. The first-order chi connectivity index (χ1) is 24.6. The lowest BCUT2D eigenvalue weighted by atomic mass is 9.91. The van der Waals surface area contributed by atoms with Crippen LogP contribution in [0, 0.1) is 5.92 Å². The number of nitrogens with zero attached hydrogens (tertiary/aromatic N) is 2. The monoisotopic (exact) mass is 741 g/mol. The fourth-order valence-electron chi connectivity index (χ4n) is 7.51. The number of hydrogen-bond acceptors (Lipinski definition) is 9. The summed E-state index contributed by atoms with van der Waals surface area (Å²) in [5.74, 6) is -2.39. The molecular weight excluding hydrogens is 690 g/mol. The molecule has 3 heterocycles. The van der Waals surface area contributed by atoms with Crippen LogP contribution in [0.15, 0.2) is 36.4 Å². The van der Waals surface area contributed by atoms with Gasteiger partial charge in [0.1, 0.15) is 29.3 Å². The summed E-state index contributed by atoms with van der Waals surface area (Å²) in [5, 5.41) is 4.90. The molecule has 0 radical (unpaired) electrons. The average Bonchev–Trinajstić information content (AvgIpc) is 3.99. The number of fused-ring (bicyclic) bond motifs is 3. The van der Waals surface area contributed by atoms with Crippen LogP contribution in [0.3, 0.4) is 0 Å². The van der Waals surface area contributed by atoms with E-state index in [0.717, 1.165) is 18.4 Å². The van der Waals surface area contributed by atoms with Crippen LogP contribution < -0.4 is 15.4 Å². The summed E-state index contributed by atoms with van der Waals surface area (Å²) in [6.07, 6.45) is 5.73. The van der Waals surface area contributed by atoms with Crippen LogP contribution >= 0.6 is 0 Å². The van der Waals surface area contributed by atoms with E-state index in [4.69, 9.17) is 9.47 Å². The number of carbonyl (C=O) groups excluding carboxylic acids is 5. The summed E-state index contributed by atoms with van der Waals surface area (Å²) < 4.78 is 39.2. The smallest absolute Gasteiger partial charge is 0.410 e. The fourth-order valence-corrected chi connectivity index (χ4v) is 8.88. The Balaban J connectivity index is 1.25. The number of rotatable bonds is 5. The number of ether oxygens (including phenoxy) is 2. The molecular formula is C37H51N5O9S.